The Hall–Kier alpha value is -3.30. The minimum Gasteiger partial charge on any atom is -0.484 e. The number of carbonyl (C=O) groups excluding carboxylic acids is 4. The Bertz CT molecular complexity index is 1230. The fourth-order valence-corrected chi connectivity index (χ4v) is 4.90. The number of ether oxygens (including phenoxy) is 1. The number of nitrogens with one attached hydrogen (secondary N) is 1. The largest absolute Gasteiger partial charge is 0.484 e. The van der Waals surface area contributed by atoms with Crippen molar-refractivity contribution in [2.45, 2.75) is 26.2 Å². The topological polar surface area (TPSA) is 96.0 Å². The van der Waals surface area contributed by atoms with Gasteiger partial charge in [0.25, 0.3) is 17.1 Å². The number of nitrogens with zero attached hydrogens (tertiary/aromatic N) is 2. The SMILES string of the molecule is Cc1ccc(NC(=O)COc2cccc(/C=C3\SC(=O)N(CC(=O)N4CCCCC4)C3=O)c2)cc1Cl. The monoisotopic (exact) mass is 527 g/mol. The zero-order chi connectivity index (χ0) is 25.7. The van der Waals surface area contributed by atoms with Crippen molar-refractivity contribution in [2.24, 2.45) is 0 Å². The molecule has 0 saturated carbocycles. The zero-order valence-corrected chi connectivity index (χ0v) is 21.4. The summed E-state index contributed by atoms with van der Waals surface area (Å²) in [5.74, 6) is -0.613. The molecule has 0 atom stereocenters. The van der Waals surface area contributed by atoms with Gasteiger partial charge in [-0.15, -0.1) is 0 Å². The van der Waals surface area contributed by atoms with Crippen molar-refractivity contribution < 1.29 is 23.9 Å². The molecule has 10 heteroatoms. The summed E-state index contributed by atoms with van der Waals surface area (Å²) >= 11 is 6.89. The van der Waals surface area contributed by atoms with E-state index in [1.54, 1.807) is 47.4 Å². The fraction of sp³-hybridized carbons (Fsp3) is 0.308. The van der Waals surface area contributed by atoms with E-state index < -0.39 is 11.1 Å². The Kier molecular flexibility index (Phi) is 8.32. The maximum atomic E-state index is 12.8. The van der Waals surface area contributed by atoms with E-state index in [4.69, 9.17) is 16.3 Å². The van der Waals surface area contributed by atoms with E-state index in [1.165, 1.54) is 0 Å². The van der Waals surface area contributed by atoms with Crippen LogP contribution in [0.15, 0.2) is 47.4 Å². The Morgan fingerprint density at radius 1 is 1.11 bits per heavy atom. The van der Waals surface area contributed by atoms with E-state index in [0.29, 0.717) is 35.1 Å². The van der Waals surface area contributed by atoms with Gasteiger partial charge in [-0.2, -0.15) is 0 Å². The highest BCUT2D eigenvalue weighted by Crippen LogP contribution is 2.32. The van der Waals surface area contributed by atoms with Gasteiger partial charge in [0.1, 0.15) is 12.3 Å². The first kappa shape index (κ1) is 25.8. The van der Waals surface area contributed by atoms with Crippen molar-refractivity contribution in [1.82, 2.24) is 9.80 Å². The molecule has 188 valence electrons. The van der Waals surface area contributed by atoms with Crippen molar-refractivity contribution in [3.05, 3.63) is 63.5 Å². The van der Waals surface area contributed by atoms with Crippen LogP contribution in [0.5, 0.6) is 5.75 Å². The lowest BCUT2D eigenvalue weighted by Crippen LogP contribution is -2.44. The average molecular weight is 528 g/mol. The molecule has 2 fully saturated rings. The maximum Gasteiger partial charge on any atom is 0.294 e. The lowest BCUT2D eigenvalue weighted by atomic mass is 10.1. The molecule has 0 bridgehead atoms. The molecular weight excluding hydrogens is 502 g/mol. The highest BCUT2D eigenvalue weighted by atomic mass is 35.5. The van der Waals surface area contributed by atoms with Gasteiger partial charge in [0.15, 0.2) is 6.61 Å². The quantitative estimate of drug-likeness (QED) is 0.524. The third-order valence-electron chi connectivity index (χ3n) is 5.86. The van der Waals surface area contributed by atoms with Gasteiger partial charge in [0.2, 0.25) is 5.91 Å². The van der Waals surface area contributed by atoms with Crippen LogP contribution in [0.1, 0.15) is 30.4 Å². The second-order valence-corrected chi connectivity index (χ2v) is 9.98. The minimum atomic E-state index is -0.488. The van der Waals surface area contributed by atoms with Gasteiger partial charge in [-0.05, 0) is 79.4 Å². The smallest absolute Gasteiger partial charge is 0.294 e. The number of halogens is 1. The van der Waals surface area contributed by atoms with Gasteiger partial charge in [0.05, 0.1) is 4.91 Å². The molecule has 2 heterocycles. The van der Waals surface area contributed by atoms with Crippen molar-refractivity contribution in [2.75, 3.05) is 31.6 Å². The van der Waals surface area contributed by atoms with Gasteiger partial charge in [-0.25, -0.2) is 0 Å². The molecule has 0 radical (unpaired) electrons. The van der Waals surface area contributed by atoms with Gasteiger partial charge in [0, 0.05) is 23.8 Å². The average Bonchev–Trinajstić information content (AvgIpc) is 3.13. The van der Waals surface area contributed by atoms with Gasteiger partial charge >= 0.3 is 0 Å². The van der Waals surface area contributed by atoms with Crippen molar-refractivity contribution in [3.63, 3.8) is 0 Å². The van der Waals surface area contributed by atoms with Crippen LogP contribution in [0.2, 0.25) is 5.02 Å². The van der Waals surface area contributed by atoms with E-state index in [0.717, 1.165) is 41.5 Å². The molecule has 0 aromatic heterocycles. The number of benzene rings is 2. The highest BCUT2D eigenvalue weighted by molar-refractivity contribution is 8.18. The molecule has 36 heavy (non-hydrogen) atoms. The van der Waals surface area contributed by atoms with Crippen molar-refractivity contribution >= 4 is 58.1 Å². The molecule has 8 nitrogen and oxygen atoms in total. The standard InChI is InChI=1S/C26H26ClN3O5S/c1-17-8-9-19(14-21(17)27)28-23(31)16-35-20-7-5-6-18(12-20)13-22-25(33)30(26(34)36-22)15-24(32)29-10-3-2-4-11-29/h5-9,12-14H,2-4,10-11,15-16H2,1H3,(H,28,31)/b22-13-. The number of likely N-dealkylation sites (tertiary alicyclic amines) is 1. The molecule has 4 rings (SSSR count). The molecule has 0 aliphatic carbocycles. The molecule has 2 aliphatic heterocycles. The number of piperidine rings is 1. The number of anilines is 1. The summed E-state index contributed by atoms with van der Waals surface area (Å²) in [5, 5.41) is 2.82. The van der Waals surface area contributed by atoms with E-state index >= 15 is 0 Å². The van der Waals surface area contributed by atoms with Crippen LogP contribution in [0.3, 0.4) is 0 Å². The summed E-state index contributed by atoms with van der Waals surface area (Å²) in [7, 11) is 0. The summed E-state index contributed by atoms with van der Waals surface area (Å²) in [5.41, 5.74) is 2.11. The summed E-state index contributed by atoms with van der Waals surface area (Å²) < 4.78 is 5.59. The van der Waals surface area contributed by atoms with Gasteiger partial charge < -0.3 is 15.0 Å². The minimum absolute atomic E-state index is 0.208. The number of aryl methyl sites for hydroxylation is 1. The molecule has 2 aromatic rings. The maximum absolute atomic E-state index is 12.8. The van der Waals surface area contributed by atoms with Crippen LogP contribution in [-0.2, 0) is 14.4 Å². The second-order valence-electron chi connectivity index (χ2n) is 8.58. The highest BCUT2D eigenvalue weighted by Gasteiger charge is 2.37. The van der Waals surface area contributed by atoms with Crippen LogP contribution in [0.4, 0.5) is 10.5 Å². The number of carbonyl (C=O) groups is 4. The number of imide groups is 1. The Balaban J connectivity index is 1.35. The Morgan fingerprint density at radius 3 is 2.64 bits per heavy atom. The predicted octanol–water partition coefficient (Wildman–Crippen LogP) is 4.71. The van der Waals surface area contributed by atoms with Crippen LogP contribution in [0, 0.1) is 6.92 Å². The molecular formula is C26H26ClN3O5S. The first-order valence-electron chi connectivity index (χ1n) is 11.6. The zero-order valence-electron chi connectivity index (χ0n) is 19.8. The van der Waals surface area contributed by atoms with Crippen molar-refractivity contribution in [1.29, 1.82) is 0 Å². The van der Waals surface area contributed by atoms with E-state index in [-0.39, 0.29) is 29.9 Å². The van der Waals surface area contributed by atoms with E-state index in [9.17, 15) is 19.2 Å². The first-order chi connectivity index (χ1) is 17.3. The number of rotatable bonds is 7. The van der Waals surface area contributed by atoms with Crippen molar-refractivity contribution in [3.8, 4) is 5.75 Å². The van der Waals surface area contributed by atoms with Gasteiger partial charge in [-0.1, -0.05) is 29.8 Å². The van der Waals surface area contributed by atoms with Crippen LogP contribution < -0.4 is 10.1 Å². The number of thioether (sulfide) groups is 1. The van der Waals surface area contributed by atoms with Gasteiger partial charge in [-0.3, -0.25) is 24.1 Å². The van der Waals surface area contributed by atoms with Crippen LogP contribution >= 0.6 is 23.4 Å². The van der Waals surface area contributed by atoms with E-state index in [2.05, 4.69) is 5.32 Å². The second kappa shape index (κ2) is 11.6. The van der Waals surface area contributed by atoms with Crippen LogP contribution in [0.25, 0.3) is 6.08 Å². The number of amides is 4. The first-order valence-corrected chi connectivity index (χ1v) is 12.8. The Morgan fingerprint density at radius 2 is 1.89 bits per heavy atom. The third-order valence-corrected chi connectivity index (χ3v) is 7.17. The molecule has 0 spiro atoms. The lowest BCUT2D eigenvalue weighted by molar-refractivity contribution is -0.136. The molecule has 2 saturated heterocycles. The summed E-state index contributed by atoms with van der Waals surface area (Å²) in [4.78, 5) is 52.9. The third kappa shape index (κ3) is 6.47. The number of hydrogen-bond acceptors (Lipinski definition) is 6. The molecule has 1 N–H and O–H groups in total. The predicted molar refractivity (Wildman–Crippen MR) is 140 cm³/mol. The lowest BCUT2D eigenvalue weighted by Gasteiger charge is -2.27. The summed E-state index contributed by atoms with van der Waals surface area (Å²) in [6.07, 6.45) is 4.54. The Labute approximate surface area is 218 Å². The molecule has 2 aliphatic rings. The fourth-order valence-electron chi connectivity index (χ4n) is 3.88. The molecule has 4 amide bonds. The molecule has 0 unspecified atom stereocenters. The summed E-state index contributed by atoms with van der Waals surface area (Å²) in [6, 6.07) is 12.1. The number of hydrogen-bond donors (Lipinski definition) is 1. The molecule has 2 aromatic carbocycles. The summed E-state index contributed by atoms with van der Waals surface area (Å²) in [6.45, 7) is 2.74. The van der Waals surface area contributed by atoms with Crippen LogP contribution in [-0.4, -0.2) is 59.0 Å². The normalized spacial score (nSPS) is 17.0. The van der Waals surface area contributed by atoms with E-state index in [1.807, 2.05) is 13.0 Å².